The van der Waals surface area contributed by atoms with Gasteiger partial charge in [-0.25, -0.2) is 19.3 Å². The third kappa shape index (κ3) is 5.90. The maximum atomic E-state index is 10.8. The highest BCUT2D eigenvalue weighted by molar-refractivity contribution is 5.87. The first-order valence-electron chi connectivity index (χ1n) is 7.60. The van der Waals surface area contributed by atoms with Gasteiger partial charge in [-0.05, 0) is 29.8 Å². The predicted octanol–water partition coefficient (Wildman–Crippen LogP) is 2.72. The van der Waals surface area contributed by atoms with Gasteiger partial charge in [0.2, 0.25) is 0 Å². The molecular weight excluding hydrogens is 381 g/mol. The summed E-state index contributed by atoms with van der Waals surface area (Å²) in [5.41, 5.74) is 1.95. The number of carbonyl (C=O) groups is 2. The minimum Gasteiger partial charge on any atom is -0.478 e. The molecule has 0 unspecified atom stereocenters. The Morgan fingerprint density at radius 2 is 1.64 bits per heavy atom. The topological polar surface area (TPSA) is 118 Å². The first-order valence-corrected chi connectivity index (χ1v) is 7.60. The minimum absolute atomic E-state index is 0.270. The molecule has 0 aliphatic carbocycles. The van der Waals surface area contributed by atoms with Crippen molar-refractivity contribution in [2.24, 2.45) is 0 Å². The van der Waals surface area contributed by atoms with Gasteiger partial charge in [0.25, 0.3) is 0 Å². The van der Waals surface area contributed by atoms with Crippen LogP contribution in [0.1, 0.15) is 15.9 Å². The molecule has 0 amide bonds. The van der Waals surface area contributed by atoms with Crippen molar-refractivity contribution >= 4 is 11.9 Å². The molecule has 0 aliphatic rings. The number of rotatable bonds is 4. The standard InChI is InChI=1S/C15H12N4O2.C2HF3O2/c20-15(21)12-6-4-11(5-7-12)9-19-10-17-14(18-19)13-3-1-2-8-16-13;3-2(4,5)1(6)7/h1-8,10H,9H2,(H,20,21);(H,6,7). The second kappa shape index (κ2) is 8.75. The average molecular weight is 394 g/mol. The highest BCUT2D eigenvalue weighted by Crippen LogP contribution is 2.13. The van der Waals surface area contributed by atoms with Crippen LogP contribution in [0.4, 0.5) is 13.2 Å². The minimum atomic E-state index is -5.08. The number of aromatic nitrogens is 4. The predicted molar refractivity (Wildman–Crippen MR) is 89.4 cm³/mol. The zero-order chi connectivity index (χ0) is 20.7. The molecule has 3 rings (SSSR count). The van der Waals surface area contributed by atoms with Gasteiger partial charge >= 0.3 is 18.1 Å². The summed E-state index contributed by atoms with van der Waals surface area (Å²) in [5.74, 6) is -3.12. The zero-order valence-corrected chi connectivity index (χ0v) is 14.0. The lowest BCUT2D eigenvalue weighted by atomic mass is 10.1. The molecule has 0 aliphatic heterocycles. The van der Waals surface area contributed by atoms with Crippen LogP contribution in [0, 0.1) is 0 Å². The van der Waals surface area contributed by atoms with Gasteiger partial charge in [0.05, 0.1) is 12.1 Å². The second-order valence-corrected chi connectivity index (χ2v) is 5.29. The Kier molecular flexibility index (Phi) is 6.42. The van der Waals surface area contributed by atoms with E-state index < -0.39 is 18.1 Å². The molecule has 11 heteroatoms. The first-order chi connectivity index (χ1) is 13.2. The van der Waals surface area contributed by atoms with Crippen molar-refractivity contribution in [1.82, 2.24) is 19.7 Å². The zero-order valence-electron chi connectivity index (χ0n) is 14.0. The van der Waals surface area contributed by atoms with Gasteiger partial charge in [-0.3, -0.25) is 4.98 Å². The van der Waals surface area contributed by atoms with E-state index in [1.54, 1.807) is 41.5 Å². The molecule has 0 spiro atoms. The Balaban J connectivity index is 0.000000345. The van der Waals surface area contributed by atoms with Gasteiger partial charge in [0, 0.05) is 6.20 Å². The van der Waals surface area contributed by atoms with E-state index in [-0.39, 0.29) is 5.56 Å². The van der Waals surface area contributed by atoms with Crippen LogP contribution in [0.25, 0.3) is 11.5 Å². The maximum absolute atomic E-state index is 10.8. The van der Waals surface area contributed by atoms with E-state index in [0.717, 1.165) is 11.3 Å². The van der Waals surface area contributed by atoms with Gasteiger partial charge in [0.15, 0.2) is 5.82 Å². The summed E-state index contributed by atoms with van der Waals surface area (Å²) in [4.78, 5) is 28.1. The summed E-state index contributed by atoms with van der Waals surface area (Å²) in [7, 11) is 0. The van der Waals surface area contributed by atoms with Gasteiger partial charge < -0.3 is 10.2 Å². The van der Waals surface area contributed by atoms with E-state index in [1.165, 1.54) is 0 Å². The molecule has 0 fully saturated rings. The number of hydrogen-bond acceptors (Lipinski definition) is 5. The van der Waals surface area contributed by atoms with Gasteiger partial charge in [-0.2, -0.15) is 13.2 Å². The van der Waals surface area contributed by atoms with Crippen LogP contribution in [0.15, 0.2) is 55.0 Å². The van der Waals surface area contributed by atoms with Crippen molar-refractivity contribution in [3.63, 3.8) is 0 Å². The van der Waals surface area contributed by atoms with Gasteiger partial charge in [-0.15, -0.1) is 5.10 Å². The lowest BCUT2D eigenvalue weighted by Gasteiger charge is -2.01. The van der Waals surface area contributed by atoms with E-state index in [4.69, 9.17) is 15.0 Å². The van der Waals surface area contributed by atoms with Crippen LogP contribution < -0.4 is 0 Å². The van der Waals surface area contributed by atoms with E-state index in [9.17, 15) is 18.0 Å². The van der Waals surface area contributed by atoms with Crippen molar-refractivity contribution in [2.45, 2.75) is 12.7 Å². The third-order valence-electron chi connectivity index (χ3n) is 3.22. The van der Waals surface area contributed by atoms with Gasteiger partial charge in [-0.1, -0.05) is 18.2 Å². The fourth-order valence-corrected chi connectivity index (χ4v) is 1.92. The number of carboxylic acids is 2. The van der Waals surface area contributed by atoms with E-state index >= 15 is 0 Å². The summed E-state index contributed by atoms with van der Waals surface area (Å²) in [5, 5.41) is 20.3. The number of benzene rings is 1. The number of carboxylic acid groups (broad SMARTS) is 2. The number of aromatic carboxylic acids is 1. The summed E-state index contributed by atoms with van der Waals surface area (Å²) >= 11 is 0. The van der Waals surface area contributed by atoms with Crippen molar-refractivity contribution in [2.75, 3.05) is 0 Å². The Morgan fingerprint density at radius 3 is 2.14 bits per heavy atom. The molecule has 0 saturated carbocycles. The summed E-state index contributed by atoms with van der Waals surface area (Å²) in [6.45, 7) is 0.528. The van der Waals surface area contributed by atoms with Crippen LogP contribution >= 0.6 is 0 Å². The number of halogens is 3. The normalized spacial score (nSPS) is 10.7. The largest absolute Gasteiger partial charge is 0.490 e. The molecule has 3 aromatic rings. The maximum Gasteiger partial charge on any atom is 0.490 e. The monoisotopic (exact) mass is 394 g/mol. The summed E-state index contributed by atoms with van der Waals surface area (Å²) < 4.78 is 33.4. The molecule has 0 radical (unpaired) electrons. The number of aliphatic carboxylic acids is 1. The van der Waals surface area contributed by atoms with Crippen LogP contribution in [0.5, 0.6) is 0 Å². The molecule has 146 valence electrons. The third-order valence-corrected chi connectivity index (χ3v) is 3.22. The molecule has 2 heterocycles. The smallest absolute Gasteiger partial charge is 0.478 e. The SMILES string of the molecule is O=C(O)C(F)(F)F.O=C(O)c1ccc(Cn2cnc(-c3ccccn3)n2)cc1. The fourth-order valence-electron chi connectivity index (χ4n) is 1.92. The number of pyridine rings is 1. The molecule has 8 nitrogen and oxygen atoms in total. The molecule has 2 N–H and O–H groups in total. The highest BCUT2D eigenvalue weighted by atomic mass is 19.4. The first kappa shape index (κ1) is 20.6. The van der Waals surface area contributed by atoms with E-state index in [1.807, 2.05) is 18.2 Å². The van der Waals surface area contributed by atoms with Gasteiger partial charge in [0.1, 0.15) is 12.0 Å². The van der Waals surface area contributed by atoms with Crippen molar-refractivity contribution < 1.29 is 33.0 Å². The Labute approximate surface area is 155 Å². The molecule has 0 bridgehead atoms. The van der Waals surface area contributed by atoms with Crippen LogP contribution in [0.3, 0.4) is 0 Å². The lowest BCUT2D eigenvalue weighted by Crippen LogP contribution is -2.21. The molecule has 28 heavy (non-hydrogen) atoms. The van der Waals surface area contributed by atoms with E-state index in [0.29, 0.717) is 12.4 Å². The second-order valence-electron chi connectivity index (χ2n) is 5.29. The van der Waals surface area contributed by atoms with Crippen molar-refractivity contribution in [3.8, 4) is 11.5 Å². The van der Waals surface area contributed by atoms with Crippen molar-refractivity contribution in [1.29, 1.82) is 0 Å². The molecule has 0 atom stereocenters. The lowest BCUT2D eigenvalue weighted by molar-refractivity contribution is -0.192. The van der Waals surface area contributed by atoms with Crippen LogP contribution in [-0.2, 0) is 11.3 Å². The quantitative estimate of drug-likeness (QED) is 0.698. The molecular formula is C17H13F3N4O4. The Morgan fingerprint density at radius 1 is 1.00 bits per heavy atom. The summed E-state index contributed by atoms with van der Waals surface area (Å²) in [6.07, 6.45) is -1.75. The molecule has 2 aromatic heterocycles. The van der Waals surface area contributed by atoms with Crippen LogP contribution in [-0.4, -0.2) is 48.1 Å². The number of hydrogen-bond donors (Lipinski definition) is 2. The number of alkyl halides is 3. The van der Waals surface area contributed by atoms with Crippen LogP contribution in [0.2, 0.25) is 0 Å². The fraction of sp³-hybridized carbons (Fsp3) is 0.118. The van der Waals surface area contributed by atoms with Crippen molar-refractivity contribution in [3.05, 3.63) is 66.1 Å². The molecule has 0 saturated heterocycles. The Hall–Kier alpha value is -3.76. The molecule has 1 aromatic carbocycles. The summed E-state index contributed by atoms with van der Waals surface area (Å²) in [6, 6.07) is 12.3. The van der Waals surface area contributed by atoms with E-state index in [2.05, 4.69) is 15.1 Å². The Bertz CT molecular complexity index is 941. The highest BCUT2D eigenvalue weighted by Gasteiger charge is 2.38. The number of nitrogens with zero attached hydrogens (tertiary/aromatic N) is 4. The average Bonchev–Trinajstić information content (AvgIpc) is 3.11.